The number of benzene rings is 3. The van der Waals surface area contributed by atoms with E-state index in [-0.39, 0.29) is 34.8 Å². The van der Waals surface area contributed by atoms with Gasteiger partial charge in [-0.3, -0.25) is 4.79 Å². The van der Waals surface area contributed by atoms with Crippen molar-refractivity contribution in [3.05, 3.63) is 97.2 Å². The number of nitrogens with zero attached hydrogens (tertiary/aromatic N) is 1. The Morgan fingerprint density at radius 2 is 1.65 bits per heavy atom. The fourth-order valence-electron chi connectivity index (χ4n) is 2.59. The van der Waals surface area contributed by atoms with Crippen molar-refractivity contribution in [3.8, 4) is 5.75 Å². The van der Waals surface area contributed by atoms with Crippen molar-refractivity contribution in [2.45, 2.75) is 13.0 Å². The van der Waals surface area contributed by atoms with Gasteiger partial charge in [-0.1, -0.05) is 64.6 Å². The lowest BCUT2D eigenvalue weighted by molar-refractivity contribution is -0.120. The minimum atomic E-state index is -0.361. The highest BCUT2D eigenvalue weighted by Gasteiger charge is 2.11. The quantitative estimate of drug-likeness (QED) is 0.290. The van der Waals surface area contributed by atoms with Crippen LogP contribution in [0.25, 0.3) is 0 Å². The van der Waals surface area contributed by atoms with Gasteiger partial charge >= 0.3 is 0 Å². The lowest BCUT2D eigenvalue weighted by Crippen LogP contribution is -2.19. The van der Waals surface area contributed by atoms with Crippen LogP contribution in [0.1, 0.15) is 16.7 Å². The molecule has 9 heteroatoms. The van der Waals surface area contributed by atoms with Crippen molar-refractivity contribution in [3.63, 3.8) is 0 Å². The molecule has 0 radical (unpaired) electrons. The second kappa shape index (κ2) is 10.8. The van der Waals surface area contributed by atoms with Crippen molar-refractivity contribution in [2.24, 2.45) is 5.10 Å². The summed E-state index contributed by atoms with van der Waals surface area (Å²) in [6, 6.07) is 13.9. The first-order chi connectivity index (χ1) is 14.8. The van der Waals surface area contributed by atoms with Gasteiger partial charge in [-0.25, -0.2) is 9.82 Å². The first kappa shape index (κ1) is 23.4. The van der Waals surface area contributed by atoms with E-state index in [9.17, 15) is 9.18 Å². The molecule has 0 heterocycles. The topological polar surface area (TPSA) is 50.7 Å². The number of hydrazone groups is 1. The van der Waals surface area contributed by atoms with Gasteiger partial charge in [0.2, 0.25) is 5.91 Å². The van der Waals surface area contributed by atoms with Gasteiger partial charge in [0.05, 0.1) is 22.7 Å². The van der Waals surface area contributed by atoms with Crippen LogP contribution < -0.4 is 10.2 Å². The summed E-state index contributed by atoms with van der Waals surface area (Å²) in [5.74, 6) is -0.411. The molecule has 3 rings (SSSR count). The number of ether oxygens (including phenoxy) is 1. The highest BCUT2D eigenvalue weighted by Crippen LogP contribution is 2.35. The predicted molar refractivity (Wildman–Crippen MR) is 123 cm³/mol. The zero-order valence-electron chi connectivity index (χ0n) is 15.8. The summed E-state index contributed by atoms with van der Waals surface area (Å²) in [6.45, 7) is 0.155. The van der Waals surface area contributed by atoms with Gasteiger partial charge in [-0.2, -0.15) is 5.10 Å². The van der Waals surface area contributed by atoms with Crippen LogP contribution in [0.2, 0.25) is 20.1 Å². The molecule has 1 amide bonds. The van der Waals surface area contributed by atoms with Crippen molar-refractivity contribution in [1.82, 2.24) is 5.43 Å². The molecule has 0 unspecified atom stereocenters. The number of amides is 1. The third-order valence-electron chi connectivity index (χ3n) is 4.09. The van der Waals surface area contributed by atoms with Crippen molar-refractivity contribution in [1.29, 1.82) is 0 Å². The third kappa shape index (κ3) is 6.84. The highest BCUT2D eigenvalue weighted by molar-refractivity contribution is 6.37. The lowest BCUT2D eigenvalue weighted by atomic mass is 10.1. The minimum absolute atomic E-state index is 0.0686. The van der Waals surface area contributed by atoms with E-state index in [1.54, 1.807) is 30.3 Å². The zero-order valence-corrected chi connectivity index (χ0v) is 18.9. The molecule has 0 saturated carbocycles. The Balaban J connectivity index is 1.60. The van der Waals surface area contributed by atoms with E-state index < -0.39 is 0 Å². The molecule has 0 fully saturated rings. The molecule has 0 spiro atoms. The van der Waals surface area contributed by atoms with Gasteiger partial charge in [-0.05, 0) is 47.5 Å². The molecule has 0 aromatic heterocycles. The Morgan fingerprint density at radius 1 is 0.968 bits per heavy atom. The number of halogens is 5. The molecule has 0 aliphatic rings. The van der Waals surface area contributed by atoms with Crippen LogP contribution in [0, 0.1) is 5.82 Å². The summed E-state index contributed by atoms with van der Waals surface area (Å²) in [4.78, 5) is 11.9. The van der Waals surface area contributed by atoms with E-state index in [1.807, 2.05) is 0 Å². The van der Waals surface area contributed by atoms with Gasteiger partial charge in [-0.15, -0.1) is 0 Å². The van der Waals surface area contributed by atoms with Crippen LogP contribution in [0.3, 0.4) is 0 Å². The molecule has 4 nitrogen and oxygen atoms in total. The van der Waals surface area contributed by atoms with E-state index in [0.29, 0.717) is 26.9 Å². The second-order valence-corrected chi connectivity index (χ2v) is 8.09. The van der Waals surface area contributed by atoms with E-state index in [4.69, 9.17) is 51.1 Å². The highest BCUT2D eigenvalue weighted by atomic mass is 35.5. The Kier molecular flexibility index (Phi) is 8.15. The number of rotatable bonds is 7. The maximum Gasteiger partial charge on any atom is 0.244 e. The molecular formula is C22H15Cl4FN2O2. The van der Waals surface area contributed by atoms with Crippen molar-refractivity contribution in [2.75, 3.05) is 0 Å². The van der Waals surface area contributed by atoms with E-state index >= 15 is 0 Å². The van der Waals surface area contributed by atoms with Crippen LogP contribution in [0.15, 0.2) is 59.7 Å². The first-order valence-corrected chi connectivity index (χ1v) is 10.4. The molecule has 0 atom stereocenters. The van der Waals surface area contributed by atoms with Crippen LogP contribution in [0.5, 0.6) is 5.75 Å². The minimum Gasteiger partial charge on any atom is -0.486 e. The van der Waals surface area contributed by atoms with Crippen molar-refractivity contribution >= 4 is 58.5 Å². The molecule has 0 aliphatic heterocycles. The van der Waals surface area contributed by atoms with E-state index in [1.165, 1.54) is 30.5 Å². The fourth-order valence-corrected chi connectivity index (χ4v) is 3.66. The SMILES string of the molecule is O=C(Cc1ccc(F)cc1)N/N=C/c1cc(Cl)c(OCc2ccc(Cl)cc2Cl)c(Cl)c1. The number of carbonyl (C=O) groups is 1. The van der Waals surface area contributed by atoms with E-state index in [0.717, 1.165) is 5.56 Å². The molecule has 3 aromatic rings. The maximum absolute atomic E-state index is 12.9. The molecule has 0 saturated heterocycles. The number of nitrogens with one attached hydrogen (secondary N) is 1. The van der Waals surface area contributed by atoms with Crippen LogP contribution in [-0.4, -0.2) is 12.1 Å². The number of hydrogen-bond acceptors (Lipinski definition) is 3. The average Bonchev–Trinajstić information content (AvgIpc) is 2.70. The normalized spacial score (nSPS) is 11.0. The van der Waals surface area contributed by atoms with Gasteiger partial charge < -0.3 is 4.74 Å². The van der Waals surface area contributed by atoms with E-state index in [2.05, 4.69) is 10.5 Å². The second-order valence-electron chi connectivity index (χ2n) is 6.43. The molecule has 31 heavy (non-hydrogen) atoms. The summed E-state index contributed by atoms with van der Waals surface area (Å²) >= 11 is 24.6. The Hall–Kier alpha value is -2.31. The van der Waals surface area contributed by atoms with Crippen LogP contribution in [-0.2, 0) is 17.8 Å². The smallest absolute Gasteiger partial charge is 0.244 e. The number of hydrogen-bond donors (Lipinski definition) is 1. The monoisotopic (exact) mass is 498 g/mol. The van der Waals surface area contributed by atoms with Gasteiger partial charge in [0.1, 0.15) is 12.4 Å². The Bertz CT molecular complexity index is 1100. The molecule has 0 bridgehead atoms. The summed E-state index contributed by atoms with van der Waals surface area (Å²) in [5, 5.41) is 5.44. The molecular weight excluding hydrogens is 485 g/mol. The van der Waals surface area contributed by atoms with Crippen molar-refractivity contribution < 1.29 is 13.9 Å². The zero-order chi connectivity index (χ0) is 22.4. The Morgan fingerprint density at radius 3 is 2.29 bits per heavy atom. The maximum atomic E-state index is 12.9. The van der Waals surface area contributed by atoms with Gasteiger partial charge in [0.15, 0.2) is 5.75 Å². The predicted octanol–water partition coefficient (Wildman–Crippen LogP) is 6.71. The molecule has 160 valence electrons. The molecule has 3 aromatic carbocycles. The summed E-state index contributed by atoms with van der Waals surface area (Å²) < 4.78 is 18.6. The summed E-state index contributed by atoms with van der Waals surface area (Å²) in [5.41, 5.74) is 4.36. The lowest BCUT2D eigenvalue weighted by Gasteiger charge is -2.12. The van der Waals surface area contributed by atoms with Gasteiger partial charge in [0.25, 0.3) is 0 Å². The molecule has 0 aliphatic carbocycles. The largest absolute Gasteiger partial charge is 0.486 e. The third-order valence-corrected chi connectivity index (χ3v) is 5.24. The molecule has 1 N–H and O–H groups in total. The number of carbonyl (C=O) groups excluding carboxylic acids is 1. The first-order valence-electron chi connectivity index (χ1n) is 8.94. The standard InChI is InChI=1S/C22H15Cl4FN2O2/c23-16-4-3-15(18(24)10-16)12-31-22-19(25)7-14(8-20(22)26)11-28-29-21(30)9-13-1-5-17(27)6-2-13/h1-8,10-11H,9,12H2,(H,29,30)/b28-11+. The summed E-state index contributed by atoms with van der Waals surface area (Å²) in [7, 11) is 0. The van der Waals surface area contributed by atoms with Crippen LogP contribution in [0.4, 0.5) is 4.39 Å². The fraction of sp³-hybridized carbons (Fsp3) is 0.0909. The van der Waals surface area contributed by atoms with Crippen LogP contribution >= 0.6 is 46.4 Å². The van der Waals surface area contributed by atoms with Gasteiger partial charge in [0, 0.05) is 15.6 Å². The Labute approximate surface area is 198 Å². The average molecular weight is 500 g/mol. The summed E-state index contributed by atoms with van der Waals surface area (Å²) in [6.07, 6.45) is 1.47.